The van der Waals surface area contributed by atoms with Crippen LogP contribution in [0.4, 0.5) is 10.1 Å². The molecule has 0 radical (unpaired) electrons. The Balaban J connectivity index is 1.61. The van der Waals surface area contributed by atoms with Crippen molar-refractivity contribution in [3.8, 4) is 0 Å². The van der Waals surface area contributed by atoms with E-state index >= 15 is 0 Å². The van der Waals surface area contributed by atoms with Crippen molar-refractivity contribution in [1.29, 1.82) is 0 Å². The minimum Gasteiger partial charge on any atom is -0.379 e. The Bertz CT molecular complexity index is 1200. The lowest BCUT2D eigenvalue weighted by atomic mass is 10.2. The number of hydrogen-bond acceptors (Lipinski definition) is 6. The number of nitrogens with zero attached hydrogens (tertiary/aromatic N) is 2. The summed E-state index contributed by atoms with van der Waals surface area (Å²) >= 11 is 1.50. The van der Waals surface area contributed by atoms with Gasteiger partial charge in [0.25, 0.3) is 10.0 Å². The number of hydrogen-bond donors (Lipinski definition) is 0. The molecule has 0 saturated carbocycles. The Morgan fingerprint density at radius 3 is 2.39 bits per heavy atom. The quantitative estimate of drug-likeness (QED) is 0.442. The number of halogens is 1. The van der Waals surface area contributed by atoms with Crippen molar-refractivity contribution in [1.82, 2.24) is 4.90 Å². The van der Waals surface area contributed by atoms with Crippen LogP contribution in [-0.2, 0) is 27.8 Å². The monoisotopic (exact) mass is 488 g/mol. The van der Waals surface area contributed by atoms with Gasteiger partial charge in [-0.2, -0.15) is 0 Å². The number of sulfonamides is 1. The minimum atomic E-state index is -3.95. The number of carbonyl (C=O) groups excluding carboxylic acids is 1. The Labute approximate surface area is 197 Å². The number of ether oxygens (including phenoxy) is 1. The van der Waals surface area contributed by atoms with Gasteiger partial charge in [0.15, 0.2) is 5.78 Å². The highest BCUT2D eigenvalue weighted by atomic mass is 32.2. The highest BCUT2D eigenvalue weighted by molar-refractivity contribution is 7.92. The van der Waals surface area contributed by atoms with Gasteiger partial charge in [-0.1, -0.05) is 12.1 Å². The zero-order chi connectivity index (χ0) is 23.4. The van der Waals surface area contributed by atoms with Crippen LogP contribution in [-0.4, -0.2) is 45.4 Å². The fourth-order valence-electron chi connectivity index (χ4n) is 3.66. The molecule has 3 aromatic rings. The summed E-state index contributed by atoms with van der Waals surface area (Å²) < 4.78 is 47.3. The third-order valence-electron chi connectivity index (χ3n) is 5.48. The fraction of sp³-hybridized carbons (Fsp3) is 0.292. The first-order valence-electron chi connectivity index (χ1n) is 10.6. The van der Waals surface area contributed by atoms with Crippen molar-refractivity contribution < 1.29 is 22.3 Å². The second-order valence-corrected chi connectivity index (χ2v) is 10.7. The van der Waals surface area contributed by atoms with E-state index in [0.29, 0.717) is 11.3 Å². The zero-order valence-corrected chi connectivity index (χ0v) is 19.9. The van der Waals surface area contributed by atoms with Crippen LogP contribution < -0.4 is 4.31 Å². The summed E-state index contributed by atoms with van der Waals surface area (Å²) in [7, 11) is -3.95. The average Bonchev–Trinajstić information content (AvgIpc) is 3.26. The first kappa shape index (κ1) is 23.6. The van der Waals surface area contributed by atoms with E-state index in [0.717, 1.165) is 43.3 Å². The minimum absolute atomic E-state index is 0.0712. The molecule has 4 rings (SSSR count). The fourth-order valence-corrected chi connectivity index (χ4v) is 6.06. The van der Waals surface area contributed by atoms with Gasteiger partial charge >= 0.3 is 0 Å². The summed E-state index contributed by atoms with van der Waals surface area (Å²) in [6.45, 7) is 5.52. The predicted molar refractivity (Wildman–Crippen MR) is 127 cm³/mol. The molecule has 0 bridgehead atoms. The predicted octanol–water partition coefficient (Wildman–Crippen LogP) is 4.32. The lowest BCUT2D eigenvalue weighted by Crippen LogP contribution is -2.35. The van der Waals surface area contributed by atoms with E-state index in [1.165, 1.54) is 71.1 Å². The number of morpholine rings is 1. The second-order valence-electron chi connectivity index (χ2n) is 7.88. The zero-order valence-electron chi connectivity index (χ0n) is 18.2. The van der Waals surface area contributed by atoms with Gasteiger partial charge in [0, 0.05) is 30.1 Å². The van der Waals surface area contributed by atoms with Crippen LogP contribution in [0.5, 0.6) is 0 Å². The molecule has 9 heteroatoms. The molecule has 0 atom stereocenters. The Morgan fingerprint density at radius 2 is 1.76 bits per heavy atom. The van der Waals surface area contributed by atoms with Gasteiger partial charge in [0.05, 0.1) is 30.3 Å². The lowest BCUT2D eigenvalue weighted by molar-refractivity contribution is 0.0342. The Kier molecular flexibility index (Phi) is 7.23. The van der Waals surface area contributed by atoms with Crippen molar-refractivity contribution in [3.05, 3.63) is 81.8 Å². The molecule has 0 aliphatic carbocycles. The molecular weight excluding hydrogens is 463 g/mol. The molecule has 6 nitrogen and oxygen atoms in total. The number of carbonyl (C=O) groups is 1. The molecule has 2 aromatic carbocycles. The average molecular weight is 489 g/mol. The van der Waals surface area contributed by atoms with Gasteiger partial charge in [-0.05, 0) is 60.3 Å². The maximum absolute atomic E-state index is 13.6. The van der Waals surface area contributed by atoms with Crippen LogP contribution in [0.15, 0.2) is 64.9 Å². The number of anilines is 1. The normalized spacial score (nSPS) is 14.8. The summed E-state index contributed by atoms with van der Waals surface area (Å²) in [5, 5.41) is 2.04. The van der Waals surface area contributed by atoms with Crippen molar-refractivity contribution in [2.45, 2.75) is 24.9 Å². The molecule has 2 heterocycles. The van der Waals surface area contributed by atoms with Crippen LogP contribution in [0, 0.1) is 5.82 Å². The number of rotatable bonds is 8. The maximum Gasteiger partial charge on any atom is 0.264 e. The molecule has 1 aromatic heterocycles. The van der Waals surface area contributed by atoms with E-state index in [1.54, 1.807) is 0 Å². The molecule has 1 aliphatic heterocycles. The first-order valence-corrected chi connectivity index (χ1v) is 12.9. The van der Waals surface area contributed by atoms with Crippen LogP contribution in [0.3, 0.4) is 0 Å². The third kappa shape index (κ3) is 5.67. The summed E-state index contributed by atoms with van der Waals surface area (Å²) in [4.78, 5) is 14.8. The molecule has 33 heavy (non-hydrogen) atoms. The summed E-state index contributed by atoms with van der Waals surface area (Å²) in [5.74, 6) is -0.577. The van der Waals surface area contributed by atoms with Gasteiger partial charge in [-0.25, -0.2) is 12.8 Å². The molecule has 0 N–H and O–H groups in total. The van der Waals surface area contributed by atoms with Crippen molar-refractivity contribution in [3.63, 3.8) is 0 Å². The van der Waals surface area contributed by atoms with Crippen molar-refractivity contribution >= 4 is 32.8 Å². The molecule has 0 amide bonds. The van der Waals surface area contributed by atoms with E-state index < -0.39 is 15.8 Å². The molecule has 0 unspecified atom stereocenters. The molecule has 1 aliphatic rings. The Morgan fingerprint density at radius 1 is 1.09 bits per heavy atom. The number of Topliss-reactive ketones (excluding diaryl/α,β-unsaturated/α-hetero) is 1. The van der Waals surface area contributed by atoms with Gasteiger partial charge < -0.3 is 4.74 Å². The largest absolute Gasteiger partial charge is 0.379 e. The van der Waals surface area contributed by atoms with Crippen LogP contribution in [0.2, 0.25) is 0 Å². The molecule has 0 spiro atoms. The van der Waals surface area contributed by atoms with E-state index in [9.17, 15) is 17.6 Å². The van der Waals surface area contributed by atoms with Crippen molar-refractivity contribution in [2.24, 2.45) is 0 Å². The molecule has 174 valence electrons. The van der Waals surface area contributed by atoms with Crippen LogP contribution >= 0.6 is 11.3 Å². The van der Waals surface area contributed by atoms with Gasteiger partial charge in [0.2, 0.25) is 0 Å². The van der Waals surface area contributed by atoms with E-state index in [1.807, 2.05) is 11.4 Å². The highest BCUT2D eigenvalue weighted by Gasteiger charge is 2.26. The maximum atomic E-state index is 13.6. The third-order valence-corrected chi connectivity index (χ3v) is 8.24. The summed E-state index contributed by atoms with van der Waals surface area (Å²) in [6, 6.07) is 13.3. The standard InChI is InChI=1S/C24H25FN2O4S2/c1-18(28)20-2-8-24(9-3-20)33(29,30)27(22-6-4-21(25)5-7-22)16-23-14-19(17-32-23)15-26-10-12-31-13-11-26/h2-9,14,17H,10-13,15-16H2,1H3. The smallest absolute Gasteiger partial charge is 0.264 e. The lowest BCUT2D eigenvalue weighted by Gasteiger charge is -2.26. The van der Waals surface area contributed by atoms with Gasteiger partial charge in [-0.3, -0.25) is 14.0 Å². The Hall–Kier alpha value is -2.59. The highest BCUT2D eigenvalue weighted by Crippen LogP contribution is 2.29. The van der Waals surface area contributed by atoms with Gasteiger partial charge in [0.1, 0.15) is 5.82 Å². The van der Waals surface area contributed by atoms with Crippen LogP contribution in [0.1, 0.15) is 27.7 Å². The summed E-state index contributed by atoms with van der Waals surface area (Å²) in [5.41, 5.74) is 1.93. The first-order chi connectivity index (χ1) is 15.8. The molecule has 1 saturated heterocycles. The van der Waals surface area contributed by atoms with E-state index in [2.05, 4.69) is 4.90 Å². The molecule has 1 fully saturated rings. The number of ketones is 1. The van der Waals surface area contributed by atoms with E-state index in [4.69, 9.17) is 4.74 Å². The van der Waals surface area contributed by atoms with Gasteiger partial charge in [-0.15, -0.1) is 11.3 Å². The second kappa shape index (κ2) is 10.1. The van der Waals surface area contributed by atoms with E-state index in [-0.39, 0.29) is 17.2 Å². The summed E-state index contributed by atoms with van der Waals surface area (Å²) in [6.07, 6.45) is 0. The van der Waals surface area contributed by atoms with Crippen molar-refractivity contribution in [2.75, 3.05) is 30.6 Å². The number of thiophene rings is 1. The SMILES string of the molecule is CC(=O)c1ccc(S(=O)(=O)N(Cc2cc(CN3CCOCC3)cs2)c2ccc(F)cc2)cc1. The number of benzene rings is 2. The van der Waals surface area contributed by atoms with Crippen LogP contribution in [0.25, 0.3) is 0 Å². The topological polar surface area (TPSA) is 66.9 Å². The molecular formula is C24H25FN2O4S2.